The zero-order valence-corrected chi connectivity index (χ0v) is 6.90. The monoisotopic (exact) mass is 168 g/mol. The van der Waals surface area contributed by atoms with Gasteiger partial charge in [0.15, 0.2) is 0 Å². The maximum atomic E-state index is 9.24. The molecule has 12 heavy (non-hydrogen) atoms. The van der Waals surface area contributed by atoms with Crippen molar-refractivity contribution in [3.05, 3.63) is 29.8 Å². The minimum absolute atomic E-state index is 0.271. The lowest BCUT2D eigenvalue weighted by molar-refractivity contribution is 0.0954. The normalized spacial score (nSPS) is 12.6. The Kier molecular flexibility index (Phi) is 3.08. The molecule has 0 radical (unpaired) electrons. The molecule has 1 rings (SSSR count). The fraction of sp³-hybridized carbons (Fsp3) is 0.333. The smallest absolute Gasteiger partial charge is 0.119 e. The number of aliphatic hydroxyl groups is 2. The van der Waals surface area contributed by atoms with Crippen LogP contribution in [-0.2, 0) is 0 Å². The standard InChI is InChI=1S/C9H12O3/c1-12-8-4-2-3-7(5-8)9(11)6-10/h2-5,9-11H,6H2,1H3. The number of hydrogen-bond donors (Lipinski definition) is 2. The first-order valence-corrected chi connectivity index (χ1v) is 3.71. The third-order valence-electron chi connectivity index (χ3n) is 1.65. The van der Waals surface area contributed by atoms with Crippen molar-refractivity contribution >= 4 is 0 Å². The molecule has 0 spiro atoms. The maximum absolute atomic E-state index is 9.24. The predicted molar refractivity (Wildman–Crippen MR) is 45.0 cm³/mol. The molecule has 0 aliphatic heterocycles. The van der Waals surface area contributed by atoms with E-state index >= 15 is 0 Å². The van der Waals surface area contributed by atoms with E-state index in [1.54, 1.807) is 31.4 Å². The molecule has 3 nitrogen and oxygen atoms in total. The summed E-state index contributed by atoms with van der Waals surface area (Å²) in [5, 5.41) is 17.9. The first-order chi connectivity index (χ1) is 5.77. The van der Waals surface area contributed by atoms with E-state index in [2.05, 4.69) is 0 Å². The molecule has 0 saturated heterocycles. The van der Waals surface area contributed by atoms with Crippen molar-refractivity contribution in [3.8, 4) is 5.75 Å². The molecule has 0 aromatic heterocycles. The van der Waals surface area contributed by atoms with E-state index in [0.717, 1.165) is 0 Å². The Morgan fingerprint density at radius 1 is 1.50 bits per heavy atom. The third kappa shape index (κ3) is 1.96. The van der Waals surface area contributed by atoms with Gasteiger partial charge in [-0.2, -0.15) is 0 Å². The quantitative estimate of drug-likeness (QED) is 0.699. The van der Waals surface area contributed by atoms with Crippen molar-refractivity contribution in [1.82, 2.24) is 0 Å². The third-order valence-corrected chi connectivity index (χ3v) is 1.65. The van der Waals surface area contributed by atoms with Crippen LogP contribution in [0, 0.1) is 0 Å². The Morgan fingerprint density at radius 3 is 2.83 bits per heavy atom. The molecule has 0 aliphatic carbocycles. The highest BCUT2D eigenvalue weighted by Crippen LogP contribution is 2.18. The number of ether oxygens (including phenoxy) is 1. The van der Waals surface area contributed by atoms with E-state index < -0.39 is 6.10 Å². The van der Waals surface area contributed by atoms with Crippen molar-refractivity contribution in [2.24, 2.45) is 0 Å². The molecule has 0 aliphatic rings. The van der Waals surface area contributed by atoms with Crippen LogP contribution in [0.3, 0.4) is 0 Å². The molecule has 1 unspecified atom stereocenters. The first-order valence-electron chi connectivity index (χ1n) is 3.71. The lowest BCUT2D eigenvalue weighted by Gasteiger charge is -2.08. The highest BCUT2D eigenvalue weighted by atomic mass is 16.5. The molecule has 0 fully saturated rings. The van der Waals surface area contributed by atoms with E-state index in [9.17, 15) is 5.11 Å². The topological polar surface area (TPSA) is 49.7 Å². The van der Waals surface area contributed by atoms with Gasteiger partial charge in [-0.05, 0) is 17.7 Å². The van der Waals surface area contributed by atoms with Gasteiger partial charge in [0.25, 0.3) is 0 Å². The van der Waals surface area contributed by atoms with Crippen LogP contribution in [0.4, 0.5) is 0 Å². The zero-order chi connectivity index (χ0) is 8.97. The summed E-state index contributed by atoms with van der Waals surface area (Å²) < 4.78 is 4.96. The van der Waals surface area contributed by atoms with Crippen LogP contribution in [0.15, 0.2) is 24.3 Å². The molecule has 0 bridgehead atoms. The van der Waals surface area contributed by atoms with Crippen LogP contribution in [0.2, 0.25) is 0 Å². The number of hydrogen-bond acceptors (Lipinski definition) is 3. The lowest BCUT2D eigenvalue weighted by Crippen LogP contribution is -2.02. The summed E-state index contributed by atoms with van der Waals surface area (Å²) in [5.41, 5.74) is 0.664. The van der Waals surface area contributed by atoms with Gasteiger partial charge in [-0.1, -0.05) is 12.1 Å². The minimum atomic E-state index is -0.819. The molecular formula is C9H12O3. The van der Waals surface area contributed by atoms with E-state index in [1.807, 2.05) is 0 Å². The van der Waals surface area contributed by atoms with Crippen LogP contribution in [0.1, 0.15) is 11.7 Å². The van der Waals surface area contributed by atoms with Crippen molar-refractivity contribution in [3.63, 3.8) is 0 Å². The van der Waals surface area contributed by atoms with Gasteiger partial charge >= 0.3 is 0 Å². The largest absolute Gasteiger partial charge is 0.497 e. The Morgan fingerprint density at radius 2 is 2.25 bits per heavy atom. The SMILES string of the molecule is COc1cccc(C(O)CO)c1. The van der Waals surface area contributed by atoms with Crippen LogP contribution < -0.4 is 4.74 Å². The van der Waals surface area contributed by atoms with Gasteiger partial charge in [0.1, 0.15) is 11.9 Å². The summed E-state index contributed by atoms with van der Waals surface area (Å²) >= 11 is 0. The Labute approximate surface area is 71.2 Å². The summed E-state index contributed by atoms with van der Waals surface area (Å²) in [6.45, 7) is -0.271. The van der Waals surface area contributed by atoms with Crippen LogP contribution in [0.5, 0.6) is 5.75 Å². The zero-order valence-electron chi connectivity index (χ0n) is 6.90. The second kappa shape index (κ2) is 4.09. The molecule has 1 atom stereocenters. The van der Waals surface area contributed by atoms with Crippen molar-refractivity contribution in [2.45, 2.75) is 6.10 Å². The van der Waals surface area contributed by atoms with Gasteiger partial charge in [0, 0.05) is 0 Å². The maximum Gasteiger partial charge on any atom is 0.119 e. The second-order valence-corrected chi connectivity index (χ2v) is 2.47. The van der Waals surface area contributed by atoms with Gasteiger partial charge in [-0.3, -0.25) is 0 Å². The van der Waals surface area contributed by atoms with E-state index in [4.69, 9.17) is 9.84 Å². The predicted octanol–water partition coefficient (Wildman–Crippen LogP) is 0.721. The molecule has 66 valence electrons. The molecular weight excluding hydrogens is 156 g/mol. The number of aliphatic hydroxyl groups excluding tert-OH is 2. The molecule has 2 N–H and O–H groups in total. The van der Waals surface area contributed by atoms with E-state index in [0.29, 0.717) is 11.3 Å². The Bertz CT molecular complexity index is 247. The van der Waals surface area contributed by atoms with Crippen molar-refractivity contribution in [1.29, 1.82) is 0 Å². The molecule has 1 aromatic carbocycles. The average molecular weight is 168 g/mol. The molecule has 0 heterocycles. The summed E-state index contributed by atoms with van der Waals surface area (Å²) in [4.78, 5) is 0. The first kappa shape index (κ1) is 9.03. The number of rotatable bonds is 3. The average Bonchev–Trinajstić information content (AvgIpc) is 2.17. The van der Waals surface area contributed by atoms with E-state index in [-0.39, 0.29) is 6.61 Å². The molecule has 3 heteroatoms. The number of methoxy groups -OCH3 is 1. The molecule has 0 saturated carbocycles. The molecule has 1 aromatic rings. The van der Waals surface area contributed by atoms with Crippen molar-refractivity contribution in [2.75, 3.05) is 13.7 Å². The Balaban J connectivity index is 2.86. The fourth-order valence-corrected chi connectivity index (χ4v) is 0.954. The van der Waals surface area contributed by atoms with Crippen LogP contribution in [-0.4, -0.2) is 23.9 Å². The van der Waals surface area contributed by atoms with Crippen LogP contribution >= 0.6 is 0 Å². The van der Waals surface area contributed by atoms with E-state index in [1.165, 1.54) is 0 Å². The summed E-state index contributed by atoms with van der Waals surface area (Å²) in [6, 6.07) is 6.99. The minimum Gasteiger partial charge on any atom is -0.497 e. The van der Waals surface area contributed by atoms with Gasteiger partial charge in [0.05, 0.1) is 13.7 Å². The summed E-state index contributed by atoms with van der Waals surface area (Å²) in [6.07, 6.45) is -0.819. The van der Waals surface area contributed by atoms with Crippen molar-refractivity contribution < 1.29 is 14.9 Å². The van der Waals surface area contributed by atoms with Gasteiger partial charge in [0.2, 0.25) is 0 Å². The molecule has 0 amide bonds. The summed E-state index contributed by atoms with van der Waals surface area (Å²) in [7, 11) is 1.56. The van der Waals surface area contributed by atoms with Gasteiger partial charge in [-0.15, -0.1) is 0 Å². The summed E-state index contributed by atoms with van der Waals surface area (Å²) in [5.74, 6) is 0.681. The van der Waals surface area contributed by atoms with Crippen LogP contribution in [0.25, 0.3) is 0 Å². The van der Waals surface area contributed by atoms with Gasteiger partial charge < -0.3 is 14.9 Å². The van der Waals surface area contributed by atoms with Gasteiger partial charge in [-0.25, -0.2) is 0 Å². The lowest BCUT2D eigenvalue weighted by atomic mass is 10.1. The highest BCUT2D eigenvalue weighted by Gasteiger charge is 2.05. The number of benzene rings is 1. The Hall–Kier alpha value is -1.06. The fourth-order valence-electron chi connectivity index (χ4n) is 0.954. The second-order valence-electron chi connectivity index (χ2n) is 2.47. The highest BCUT2D eigenvalue weighted by molar-refractivity contribution is 5.29.